The lowest BCUT2D eigenvalue weighted by Gasteiger charge is -2.17. The monoisotopic (exact) mass is 127 g/mol. The third kappa shape index (κ3) is 1.23. The van der Waals surface area contributed by atoms with Gasteiger partial charge in [-0.05, 0) is 20.3 Å². The van der Waals surface area contributed by atoms with Gasteiger partial charge >= 0.3 is 0 Å². The molecule has 1 aliphatic rings. The van der Waals surface area contributed by atoms with Crippen LogP contribution >= 0.6 is 0 Å². The summed E-state index contributed by atoms with van der Waals surface area (Å²) in [5, 5.41) is 3.88. The van der Waals surface area contributed by atoms with Crippen LogP contribution < -0.4 is 0 Å². The minimum atomic E-state index is 0.00405. The average Bonchev–Trinajstić information content (AvgIpc) is 2.13. The van der Waals surface area contributed by atoms with Gasteiger partial charge in [-0.2, -0.15) is 0 Å². The van der Waals surface area contributed by atoms with Crippen LogP contribution in [0.1, 0.15) is 33.6 Å². The second-order valence-electron chi connectivity index (χ2n) is 2.90. The van der Waals surface area contributed by atoms with Crippen LogP contribution in [0.15, 0.2) is 5.16 Å². The summed E-state index contributed by atoms with van der Waals surface area (Å²) in [6.45, 7) is 6.21. The van der Waals surface area contributed by atoms with Gasteiger partial charge < -0.3 is 4.84 Å². The number of rotatable bonds is 1. The van der Waals surface area contributed by atoms with Gasteiger partial charge in [-0.25, -0.2) is 0 Å². The van der Waals surface area contributed by atoms with Gasteiger partial charge in [0, 0.05) is 6.42 Å². The summed E-state index contributed by atoms with van der Waals surface area (Å²) in [7, 11) is 0. The summed E-state index contributed by atoms with van der Waals surface area (Å²) in [5.41, 5.74) is 1.11. The number of hydrogen-bond donors (Lipinski definition) is 0. The van der Waals surface area contributed by atoms with Crippen LogP contribution in [0, 0.1) is 0 Å². The number of nitrogens with zero attached hydrogens (tertiary/aromatic N) is 1. The standard InChI is InChI=1S/C7H13NO/c1-4-7(3)5-6(2)8-9-7/h4-5H2,1-3H3/t7-/m1/s1. The molecule has 9 heavy (non-hydrogen) atoms. The lowest BCUT2D eigenvalue weighted by atomic mass is 9.98. The van der Waals surface area contributed by atoms with Crippen molar-refractivity contribution in [2.24, 2.45) is 5.16 Å². The SMILES string of the molecule is CC[C@]1(C)CC(C)=NO1. The Morgan fingerprint density at radius 2 is 2.44 bits per heavy atom. The number of oxime groups is 1. The Balaban J connectivity index is 2.53. The van der Waals surface area contributed by atoms with E-state index in [1.807, 2.05) is 6.92 Å². The van der Waals surface area contributed by atoms with Crippen molar-refractivity contribution in [3.05, 3.63) is 0 Å². The predicted octanol–water partition coefficient (Wildman–Crippen LogP) is 1.95. The van der Waals surface area contributed by atoms with Gasteiger partial charge in [0.25, 0.3) is 0 Å². The minimum absolute atomic E-state index is 0.00405. The van der Waals surface area contributed by atoms with Gasteiger partial charge in [-0.3, -0.25) is 0 Å². The highest BCUT2D eigenvalue weighted by Crippen LogP contribution is 2.25. The molecule has 2 heteroatoms. The molecule has 0 saturated carbocycles. The van der Waals surface area contributed by atoms with E-state index < -0.39 is 0 Å². The lowest BCUT2D eigenvalue weighted by Crippen LogP contribution is -2.22. The molecule has 0 bridgehead atoms. The van der Waals surface area contributed by atoms with E-state index >= 15 is 0 Å². The van der Waals surface area contributed by atoms with Gasteiger partial charge in [0.2, 0.25) is 0 Å². The van der Waals surface area contributed by atoms with E-state index in [2.05, 4.69) is 19.0 Å². The largest absolute Gasteiger partial charge is 0.389 e. The molecule has 1 heterocycles. The van der Waals surface area contributed by atoms with E-state index in [0.29, 0.717) is 0 Å². The minimum Gasteiger partial charge on any atom is -0.389 e. The molecule has 1 atom stereocenters. The van der Waals surface area contributed by atoms with Gasteiger partial charge in [0.1, 0.15) is 5.60 Å². The van der Waals surface area contributed by atoms with E-state index in [-0.39, 0.29) is 5.60 Å². The molecule has 0 aromatic carbocycles. The van der Waals surface area contributed by atoms with Crippen molar-refractivity contribution in [3.8, 4) is 0 Å². The Bertz CT molecular complexity index is 142. The second kappa shape index (κ2) is 2.01. The number of hydrogen-bond acceptors (Lipinski definition) is 2. The maximum Gasteiger partial charge on any atom is 0.140 e. The van der Waals surface area contributed by atoms with Crippen LogP contribution in [-0.4, -0.2) is 11.3 Å². The van der Waals surface area contributed by atoms with Crippen molar-refractivity contribution >= 4 is 5.71 Å². The zero-order valence-electron chi connectivity index (χ0n) is 6.27. The Hall–Kier alpha value is -0.530. The van der Waals surface area contributed by atoms with Gasteiger partial charge in [0.15, 0.2) is 0 Å². The third-order valence-corrected chi connectivity index (χ3v) is 1.80. The van der Waals surface area contributed by atoms with Gasteiger partial charge in [-0.15, -0.1) is 0 Å². The molecule has 0 aromatic heterocycles. The summed E-state index contributed by atoms with van der Waals surface area (Å²) in [6.07, 6.45) is 2.03. The van der Waals surface area contributed by atoms with Gasteiger partial charge in [0.05, 0.1) is 5.71 Å². The van der Waals surface area contributed by atoms with E-state index in [1.165, 1.54) is 0 Å². The zero-order chi connectivity index (χ0) is 6.91. The molecule has 0 fully saturated rings. The first kappa shape index (κ1) is 6.59. The fourth-order valence-corrected chi connectivity index (χ4v) is 0.983. The van der Waals surface area contributed by atoms with E-state index in [9.17, 15) is 0 Å². The molecule has 1 aliphatic heterocycles. The van der Waals surface area contributed by atoms with Crippen molar-refractivity contribution in [3.63, 3.8) is 0 Å². The molecule has 1 rings (SSSR count). The highest BCUT2D eigenvalue weighted by Gasteiger charge is 2.29. The van der Waals surface area contributed by atoms with Crippen molar-refractivity contribution in [1.82, 2.24) is 0 Å². The summed E-state index contributed by atoms with van der Waals surface area (Å²) in [5.74, 6) is 0. The first-order valence-electron chi connectivity index (χ1n) is 3.38. The highest BCUT2D eigenvalue weighted by atomic mass is 16.7. The fourth-order valence-electron chi connectivity index (χ4n) is 0.983. The molecular formula is C7H13NO. The Kier molecular flexibility index (Phi) is 1.47. The smallest absolute Gasteiger partial charge is 0.140 e. The zero-order valence-corrected chi connectivity index (χ0v) is 6.27. The molecule has 0 spiro atoms. The van der Waals surface area contributed by atoms with E-state index in [1.54, 1.807) is 0 Å². The quantitative estimate of drug-likeness (QED) is 0.527. The first-order chi connectivity index (χ1) is 4.16. The molecule has 0 radical (unpaired) electrons. The van der Waals surface area contributed by atoms with Crippen molar-refractivity contribution in [2.45, 2.75) is 39.2 Å². The molecule has 2 nitrogen and oxygen atoms in total. The maximum atomic E-state index is 5.19. The molecule has 0 N–H and O–H groups in total. The molecule has 0 amide bonds. The summed E-state index contributed by atoms with van der Waals surface area (Å²) in [4.78, 5) is 5.19. The van der Waals surface area contributed by atoms with Crippen molar-refractivity contribution < 1.29 is 4.84 Å². The summed E-state index contributed by atoms with van der Waals surface area (Å²) >= 11 is 0. The Morgan fingerprint density at radius 1 is 1.78 bits per heavy atom. The predicted molar refractivity (Wildman–Crippen MR) is 37.5 cm³/mol. The Labute approximate surface area is 55.9 Å². The fraction of sp³-hybridized carbons (Fsp3) is 0.857. The first-order valence-corrected chi connectivity index (χ1v) is 3.38. The van der Waals surface area contributed by atoms with Crippen LogP contribution in [0.3, 0.4) is 0 Å². The van der Waals surface area contributed by atoms with Crippen molar-refractivity contribution in [2.75, 3.05) is 0 Å². The van der Waals surface area contributed by atoms with Gasteiger partial charge in [-0.1, -0.05) is 12.1 Å². The van der Waals surface area contributed by atoms with Crippen LogP contribution in [0.2, 0.25) is 0 Å². The third-order valence-electron chi connectivity index (χ3n) is 1.80. The lowest BCUT2D eigenvalue weighted by molar-refractivity contribution is -0.00605. The second-order valence-corrected chi connectivity index (χ2v) is 2.90. The maximum absolute atomic E-state index is 5.19. The van der Waals surface area contributed by atoms with Crippen LogP contribution in [0.4, 0.5) is 0 Å². The average molecular weight is 127 g/mol. The molecular weight excluding hydrogens is 114 g/mol. The van der Waals surface area contributed by atoms with Crippen molar-refractivity contribution in [1.29, 1.82) is 0 Å². The van der Waals surface area contributed by atoms with E-state index in [4.69, 9.17) is 4.84 Å². The van der Waals surface area contributed by atoms with Crippen LogP contribution in [0.25, 0.3) is 0 Å². The highest BCUT2D eigenvalue weighted by molar-refractivity contribution is 5.83. The molecule has 0 unspecified atom stereocenters. The molecule has 0 aromatic rings. The summed E-state index contributed by atoms with van der Waals surface area (Å²) < 4.78 is 0. The van der Waals surface area contributed by atoms with Crippen LogP contribution in [-0.2, 0) is 4.84 Å². The molecule has 52 valence electrons. The molecule has 0 saturated heterocycles. The van der Waals surface area contributed by atoms with E-state index in [0.717, 1.165) is 18.6 Å². The van der Waals surface area contributed by atoms with Crippen LogP contribution in [0.5, 0.6) is 0 Å². The topological polar surface area (TPSA) is 21.6 Å². The molecule has 0 aliphatic carbocycles. The Morgan fingerprint density at radius 3 is 2.67 bits per heavy atom. The normalized spacial score (nSPS) is 33.9. The summed E-state index contributed by atoms with van der Waals surface area (Å²) in [6, 6.07) is 0.